The molecule has 3 heteroatoms. The lowest BCUT2D eigenvalue weighted by Gasteiger charge is -2.09. The summed E-state index contributed by atoms with van der Waals surface area (Å²) in [4.78, 5) is 0. The Morgan fingerprint density at radius 1 is 1.35 bits per heavy atom. The molecule has 0 atom stereocenters. The highest BCUT2D eigenvalue weighted by atomic mass is 35.5. The summed E-state index contributed by atoms with van der Waals surface area (Å²) >= 11 is 7.82. The molecule has 0 amide bonds. The van der Waals surface area contributed by atoms with Crippen molar-refractivity contribution in [3.63, 3.8) is 0 Å². The molecule has 0 saturated carbocycles. The monoisotopic (exact) mass is 309 g/mol. The Labute approximate surface area is 132 Å². The van der Waals surface area contributed by atoms with Crippen molar-refractivity contribution in [1.29, 1.82) is 0 Å². The first-order valence-electron chi connectivity index (χ1n) is 6.99. The van der Waals surface area contributed by atoms with E-state index in [1.807, 2.05) is 18.2 Å². The van der Waals surface area contributed by atoms with Gasteiger partial charge in [0.2, 0.25) is 0 Å². The summed E-state index contributed by atoms with van der Waals surface area (Å²) in [6, 6.07) is 5.98. The van der Waals surface area contributed by atoms with Crippen molar-refractivity contribution in [2.24, 2.45) is 5.73 Å². The van der Waals surface area contributed by atoms with Crippen LogP contribution in [0, 0.1) is 6.92 Å². The third-order valence-electron chi connectivity index (χ3n) is 3.20. The Hall–Kier alpha value is -0.860. The molecule has 0 aliphatic carbocycles. The number of halogens is 1. The summed E-state index contributed by atoms with van der Waals surface area (Å²) in [6.07, 6.45) is 4.55. The number of hydrogen-bond donors (Lipinski definition) is 1. The average Bonchev–Trinajstić information content (AvgIpc) is 2.41. The summed E-state index contributed by atoms with van der Waals surface area (Å²) in [6.45, 7) is 8.46. The van der Waals surface area contributed by atoms with Gasteiger partial charge in [-0.05, 0) is 67.4 Å². The van der Waals surface area contributed by atoms with Gasteiger partial charge in [-0.15, -0.1) is 11.8 Å². The van der Waals surface area contributed by atoms with Gasteiger partial charge < -0.3 is 5.73 Å². The van der Waals surface area contributed by atoms with Gasteiger partial charge in [-0.2, -0.15) is 0 Å². The van der Waals surface area contributed by atoms with Crippen LogP contribution in [0.4, 0.5) is 0 Å². The number of rotatable bonds is 6. The van der Waals surface area contributed by atoms with Gasteiger partial charge in [0.25, 0.3) is 0 Å². The number of nitrogens with two attached hydrogens (primary N) is 1. The van der Waals surface area contributed by atoms with Crippen LogP contribution in [0.3, 0.4) is 0 Å². The number of hydrogen-bond acceptors (Lipinski definition) is 2. The number of aryl methyl sites for hydroxylation is 1. The van der Waals surface area contributed by atoms with Crippen molar-refractivity contribution >= 4 is 28.9 Å². The van der Waals surface area contributed by atoms with E-state index in [1.54, 1.807) is 11.8 Å². The molecule has 0 fully saturated rings. The van der Waals surface area contributed by atoms with Gasteiger partial charge in [0, 0.05) is 5.02 Å². The first-order chi connectivity index (χ1) is 9.45. The van der Waals surface area contributed by atoms with E-state index in [0.717, 1.165) is 21.4 Å². The molecule has 0 unspecified atom stereocenters. The van der Waals surface area contributed by atoms with E-state index in [1.165, 1.54) is 29.5 Å². The third-order valence-corrected chi connectivity index (χ3v) is 4.56. The molecule has 1 aromatic carbocycles. The van der Waals surface area contributed by atoms with Gasteiger partial charge in [-0.1, -0.05) is 37.1 Å². The molecule has 0 bridgehead atoms. The number of thioether (sulfide) groups is 1. The summed E-state index contributed by atoms with van der Waals surface area (Å²) in [7, 11) is 0. The molecule has 2 N–H and O–H groups in total. The van der Waals surface area contributed by atoms with Crippen LogP contribution in [0.2, 0.25) is 5.02 Å². The van der Waals surface area contributed by atoms with Crippen LogP contribution < -0.4 is 5.73 Å². The zero-order chi connectivity index (χ0) is 15.1. The SMILES string of the molecule is CCCCS/C(N)=C(C)/C=C(\C)c1cc(Cl)ccc1C. The van der Waals surface area contributed by atoms with Gasteiger partial charge in [-0.3, -0.25) is 0 Å². The fourth-order valence-corrected chi connectivity index (χ4v) is 3.04. The maximum absolute atomic E-state index is 6.12. The Morgan fingerprint density at radius 3 is 2.70 bits per heavy atom. The predicted molar refractivity (Wildman–Crippen MR) is 94.1 cm³/mol. The van der Waals surface area contributed by atoms with Gasteiger partial charge in [0.1, 0.15) is 0 Å². The van der Waals surface area contributed by atoms with Crippen molar-refractivity contribution in [2.75, 3.05) is 5.75 Å². The zero-order valence-electron chi connectivity index (χ0n) is 12.8. The zero-order valence-corrected chi connectivity index (χ0v) is 14.4. The van der Waals surface area contributed by atoms with Crippen LogP contribution in [0.25, 0.3) is 5.57 Å². The summed E-state index contributed by atoms with van der Waals surface area (Å²) < 4.78 is 0. The standard InChI is InChI=1S/C17H24ClNS/c1-5-6-9-20-17(19)14(4)10-13(3)16-11-15(18)8-7-12(16)2/h7-8,10-11H,5-6,9,19H2,1-4H3/b13-10+,17-14+. The van der Waals surface area contributed by atoms with E-state index < -0.39 is 0 Å². The normalized spacial score (nSPS) is 13.3. The fraction of sp³-hybridized carbons (Fsp3) is 0.412. The molecule has 1 rings (SSSR count). The maximum atomic E-state index is 6.12. The van der Waals surface area contributed by atoms with Crippen molar-refractivity contribution < 1.29 is 0 Å². The van der Waals surface area contributed by atoms with E-state index in [0.29, 0.717) is 0 Å². The molecule has 0 aromatic heterocycles. The highest BCUT2D eigenvalue weighted by molar-refractivity contribution is 8.03. The number of benzene rings is 1. The van der Waals surface area contributed by atoms with Crippen LogP contribution in [0.5, 0.6) is 0 Å². The van der Waals surface area contributed by atoms with Crippen molar-refractivity contribution in [3.05, 3.63) is 51.0 Å². The largest absolute Gasteiger partial charge is 0.393 e. The quantitative estimate of drug-likeness (QED) is 0.533. The first kappa shape index (κ1) is 17.2. The molecular formula is C17H24ClNS. The molecule has 1 nitrogen and oxygen atoms in total. The highest BCUT2D eigenvalue weighted by Crippen LogP contribution is 2.25. The van der Waals surface area contributed by atoms with Gasteiger partial charge >= 0.3 is 0 Å². The minimum absolute atomic E-state index is 0.769. The van der Waals surface area contributed by atoms with Gasteiger partial charge in [0.15, 0.2) is 0 Å². The molecule has 20 heavy (non-hydrogen) atoms. The van der Waals surface area contributed by atoms with Crippen LogP contribution in [-0.4, -0.2) is 5.75 Å². The second-order valence-electron chi connectivity index (χ2n) is 5.04. The second kappa shape index (κ2) is 8.43. The molecular weight excluding hydrogens is 286 g/mol. The Bertz CT molecular complexity index is 518. The number of allylic oxidation sites excluding steroid dienone is 3. The lowest BCUT2D eigenvalue weighted by Crippen LogP contribution is -1.97. The molecule has 0 saturated heterocycles. The van der Waals surface area contributed by atoms with E-state index in [4.69, 9.17) is 17.3 Å². The molecule has 0 aliphatic rings. The van der Waals surface area contributed by atoms with E-state index in [2.05, 4.69) is 33.8 Å². The van der Waals surface area contributed by atoms with Crippen LogP contribution in [0.15, 0.2) is 34.9 Å². The van der Waals surface area contributed by atoms with Crippen molar-refractivity contribution in [2.45, 2.75) is 40.5 Å². The van der Waals surface area contributed by atoms with E-state index in [-0.39, 0.29) is 0 Å². The van der Waals surface area contributed by atoms with E-state index >= 15 is 0 Å². The van der Waals surface area contributed by atoms with Crippen LogP contribution in [-0.2, 0) is 0 Å². The first-order valence-corrected chi connectivity index (χ1v) is 8.36. The topological polar surface area (TPSA) is 26.0 Å². The minimum Gasteiger partial charge on any atom is -0.393 e. The fourth-order valence-electron chi connectivity index (χ4n) is 1.93. The summed E-state index contributed by atoms with van der Waals surface area (Å²) in [5, 5.41) is 1.68. The molecule has 0 aliphatic heterocycles. The Morgan fingerprint density at radius 2 is 2.05 bits per heavy atom. The average molecular weight is 310 g/mol. The van der Waals surface area contributed by atoms with Crippen molar-refractivity contribution in [3.8, 4) is 0 Å². The second-order valence-corrected chi connectivity index (χ2v) is 6.61. The minimum atomic E-state index is 0.769. The van der Waals surface area contributed by atoms with Gasteiger partial charge in [0.05, 0.1) is 5.03 Å². The smallest absolute Gasteiger partial charge is 0.0685 e. The number of unbranched alkanes of at least 4 members (excludes halogenated alkanes) is 1. The molecule has 110 valence electrons. The third kappa shape index (κ3) is 5.26. The Kier molecular flexibility index (Phi) is 7.25. The lowest BCUT2D eigenvalue weighted by molar-refractivity contribution is 0.897. The summed E-state index contributed by atoms with van der Waals surface area (Å²) in [5.41, 5.74) is 10.9. The molecule has 0 radical (unpaired) electrons. The highest BCUT2D eigenvalue weighted by Gasteiger charge is 2.03. The lowest BCUT2D eigenvalue weighted by atomic mass is 10.0. The summed E-state index contributed by atoms with van der Waals surface area (Å²) in [5.74, 6) is 1.09. The molecule has 1 aromatic rings. The van der Waals surface area contributed by atoms with Crippen LogP contribution in [0.1, 0.15) is 44.7 Å². The Balaban J connectivity index is 2.91. The van der Waals surface area contributed by atoms with Crippen molar-refractivity contribution in [1.82, 2.24) is 0 Å². The van der Waals surface area contributed by atoms with E-state index in [9.17, 15) is 0 Å². The molecule has 0 heterocycles. The maximum Gasteiger partial charge on any atom is 0.0685 e. The van der Waals surface area contributed by atoms with Gasteiger partial charge in [-0.25, -0.2) is 0 Å². The molecule has 0 spiro atoms. The van der Waals surface area contributed by atoms with Crippen LogP contribution >= 0.6 is 23.4 Å². The predicted octanol–water partition coefficient (Wildman–Crippen LogP) is 5.78.